The van der Waals surface area contributed by atoms with Crippen LogP contribution in [0.3, 0.4) is 0 Å². The molecule has 0 aromatic rings. The fourth-order valence-electron chi connectivity index (χ4n) is 1.68. The predicted octanol–water partition coefficient (Wildman–Crippen LogP) is 3.38. The molecule has 0 saturated carbocycles. The molecule has 0 saturated heterocycles. The minimum absolute atomic E-state index is 0.385. The van der Waals surface area contributed by atoms with Crippen molar-refractivity contribution in [3.05, 3.63) is 12.2 Å². The molecule has 0 atom stereocenters. The lowest BCUT2D eigenvalue weighted by molar-refractivity contribution is -0.131. The van der Waals surface area contributed by atoms with Crippen molar-refractivity contribution in [2.75, 3.05) is 0 Å². The summed E-state index contributed by atoms with van der Waals surface area (Å²) in [5, 5.41) is 0. The second-order valence-electron chi connectivity index (χ2n) is 6.29. The van der Waals surface area contributed by atoms with E-state index in [-0.39, 0.29) is 5.97 Å². The van der Waals surface area contributed by atoms with Gasteiger partial charge in [-0.15, -0.1) is 0 Å². The van der Waals surface area contributed by atoms with E-state index < -0.39 is 25.4 Å². The molecule has 0 aliphatic heterocycles. The van der Waals surface area contributed by atoms with Gasteiger partial charge in [-0.2, -0.15) is 0 Å². The number of hydrogen-bond donors (Lipinski definition) is 0. The molecule has 0 rings (SSSR count). The van der Waals surface area contributed by atoms with Crippen LogP contribution in [0.2, 0.25) is 45.8 Å². The van der Waals surface area contributed by atoms with Crippen molar-refractivity contribution < 1.29 is 17.5 Å². The second-order valence-corrected chi connectivity index (χ2v) is 17.9. The predicted molar refractivity (Wildman–Crippen MR) is 81.4 cm³/mol. The molecule has 0 unspecified atom stereocenters. The van der Waals surface area contributed by atoms with E-state index in [0.29, 0.717) is 5.57 Å². The summed E-state index contributed by atoms with van der Waals surface area (Å²) >= 11 is 0. The molecule has 0 amide bonds. The molecule has 18 heavy (non-hydrogen) atoms. The van der Waals surface area contributed by atoms with Gasteiger partial charge >= 0.3 is 23.1 Å². The van der Waals surface area contributed by atoms with Gasteiger partial charge in [0, 0.05) is 5.57 Å². The van der Waals surface area contributed by atoms with Gasteiger partial charge in [-0.1, -0.05) is 6.58 Å². The topological polar surface area (TPSA) is 44.8 Å². The van der Waals surface area contributed by atoms with Crippen LogP contribution < -0.4 is 0 Å². The molecule has 0 heterocycles. The van der Waals surface area contributed by atoms with Gasteiger partial charge in [0.05, 0.1) is 0 Å². The zero-order valence-corrected chi connectivity index (χ0v) is 15.8. The molecule has 4 nitrogen and oxygen atoms in total. The Morgan fingerprint density at radius 2 is 1.33 bits per heavy atom. The fourth-order valence-corrected chi connectivity index (χ4v) is 13.6. The standard InChI is InChI=1S/C11H26O4Si3/c1-10(2)11(12)13-17(6,7)15-18(8,9)14-16(3,4)5/h1H2,2-9H3. The van der Waals surface area contributed by atoms with Crippen molar-refractivity contribution in [3.8, 4) is 0 Å². The summed E-state index contributed by atoms with van der Waals surface area (Å²) in [6.45, 7) is 19.3. The summed E-state index contributed by atoms with van der Waals surface area (Å²) in [6.07, 6.45) is 0. The van der Waals surface area contributed by atoms with Crippen LogP contribution in [0.1, 0.15) is 6.92 Å². The third-order valence-corrected chi connectivity index (χ3v) is 10.8. The average molecular weight is 307 g/mol. The highest BCUT2D eigenvalue weighted by atomic mass is 28.5. The van der Waals surface area contributed by atoms with Crippen LogP contribution in [-0.2, 0) is 17.5 Å². The van der Waals surface area contributed by atoms with Crippen molar-refractivity contribution in [2.45, 2.75) is 52.8 Å². The minimum Gasteiger partial charge on any atom is -0.492 e. The van der Waals surface area contributed by atoms with Crippen LogP contribution in [0.4, 0.5) is 0 Å². The van der Waals surface area contributed by atoms with E-state index in [2.05, 4.69) is 26.2 Å². The second kappa shape index (κ2) is 5.83. The quantitative estimate of drug-likeness (QED) is 0.557. The maximum absolute atomic E-state index is 11.5. The van der Waals surface area contributed by atoms with Crippen LogP contribution in [0.5, 0.6) is 0 Å². The van der Waals surface area contributed by atoms with Gasteiger partial charge in [-0.3, -0.25) is 0 Å². The van der Waals surface area contributed by atoms with Gasteiger partial charge in [0.15, 0.2) is 8.32 Å². The van der Waals surface area contributed by atoms with Crippen LogP contribution in [0.25, 0.3) is 0 Å². The van der Waals surface area contributed by atoms with E-state index in [1.807, 2.05) is 26.2 Å². The Morgan fingerprint density at radius 3 is 1.67 bits per heavy atom. The first-order valence-corrected chi connectivity index (χ1v) is 15.1. The number of rotatable bonds is 6. The van der Waals surface area contributed by atoms with Gasteiger partial charge in [0.25, 0.3) is 0 Å². The first-order valence-electron chi connectivity index (χ1n) is 6.03. The van der Waals surface area contributed by atoms with E-state index in [1.54, 1.807) is 6.92 Å². The van der Waals surface area contributed by atoms with Crippen molar-refractivity contribution in [2.24, 2.45) is 0 Å². The lowest BCUT2D eigenvalue weighted by Gasteiger charge is -2.36. The van der Waals surface area contributed by atoms with Crippen molar-refractivity contribution in [1.82, 2.24) is 0 Å². The van der Waals surface area contributed by atoms with Crippen LogP contribution in [-0.4, -0.2) is 31.4 Å². The van der Waals surface area contributed by atoms with Gasteiger partial charge < -0.3 is 12.7 Å². The Balaban J connectivity index is 4.65. The Morgan fingerprint density at radius 1 is 0.889 bits per heavy atom. The lowest BCUT2D eigenvalue weighted by atomic mass is 10.4. The molecule has 7 heteroatoms. The average Bonchev–Trinajstić information content (AvgIpc) is 1.93. The van der Waals surface area contributed by atoms with Crippen molar-refractivity contribution in [3.63, 3.8) is 0 Å². The molecule has 0 bridgehead atoms. The maximum Gasteiger partial charge on any atom is 0.386 e. The SMILES string of the molecule is C=C(C)C(=O)O[Si](C)(C)O[Si](C)(C)O[Si](C)(C)C. The summed E-state index contributed by atoms with van der Waals surface area (Å²) in [4.78, 5) is 11.5. The molecule has 0 radical (unpaired) electrons. The maximum atomic E-state index is 11.5. The van der Waals surface area contributed by atoms with E-state index in [9.17, 15) is 4.79 Å². The van der Waals surface area contributed by atoms with Crippen LogP contribution in [0, 0.1) is 0 Å². The molecule has 0 aliphatic carbocycles. The monoisotopic (exact) mass is 306 g/mol. The van der Waals surface area contributed by atoms with E-state index in [0.717, 1.165) is 0 Å². The zero-order valence-electron chi connectivity index (χ0n) is 12.8. The summed E-state index contributed by atoms with van der Waals surface area (Å²) < 4.78 is 17.5. The molecular formula is C11H26O4Si3. The first kappa shape index (κ1) is 17.8. The summed E-state index contributed by atoms with van der Waals surface area (Å²) in [6, 6.07) is 0. The molecule has 0 fully saturated rings. The Kier molecular flexibility index (Phi) is 5.76. The number of carbonyl (C=O) groups is 1. The summed E-state index contributed by atoms with van der Waals surface area (Å²) in [7, 11) is -6.43. The molecular weight excluding hydrogens is 280 g/mol. The van der Waals surface area contributed by atoms with E-state index in [1.165, 1.54) is 0 Å². The fraction of sp³-hybridized carbons (Fsp3) is 0.727. The van der Waals surface area contributed by atoms with E-state index in [4.69, 9.17) is 12.7 Å². The Labute approximate surface area is 114 Å². The highest BCUT2D eigenvalue weighted by molar-refractivity contribution is 6.86. The van der Waals surface area contributed by atoms with Gasteiger partial charge in [-0.25, -0.2) is 4.79 Å². The van der Waals surface area contributed by atoms with Crippen molar-refractivity contribution >= 4 is 31.4 Å². The third kappa shape index (κ3) is 7.98. The summed E-state index contributed by atoms with van der Waals surface area (Å²) in [5.41, 5.74) is 0.393. The van der Waals surface area contributed by atoms with E-state index >= 15 is 0 Å². The normalized spacial score (nSPS) is 13.3. The smallest absolute Gasteiger partial charge is 0.386 e. The highest BCUT2D eigenvalue weighted by Gasteiger charge is 2.41. The molecule has 106 valence electrons. The largest absolute Gasteiger partial charge is 0.492 e. The van der Waals surface area contributed by atoms with Crippen LogP contribution >= 0.6 is 0 Å². The lowest BCUT2D eigenvalue weighted by Crippen LogP contribution is -2.53. The van der Waals surface area contributed by atoms with Crippen LogP contribution in [0.15, 0.2) is 12.2 Å². The molecule has 0 N–H and O–H groups in total. The molecule has 0 aliphatic rings. The number of hydrogen-bond acceptors (Lipinski definition) is 4. The number of carbonyl (C=O) groups excluding carboxylic acids is 1. The Hall–Kier alpha value is -0.219. The third-order valence-electron chi connectivity index (χ3n) is 1.73. The zero-order chi connectivity index (χ0) is 14.8. The summed E-state index contributed by atoms with van der Waals surface area (Å²) in [5.74, 6) is -0.385. The first-order chi connectivity index (χ1) is 7.74. The van der Waals surface area contributed by atoms with Crippen molar-refractivity contribution in [1.29, 1.82) is 0 Å². The van der Waals surface area contributed by atoms with Gasteiger partial charge in [0.1, 0.15) is 0 Å². The minimum atomic E-state index is -2.52. The van der Waals surface area contributed by atoms with Gasteiger partial charge in [0.2, 0.25) is 0 Å². The van der Waals surface area contributed by atoms with Gasteiger partial charge in [-0.05, 0) is 52.8 Å². The highest BCUT2D eigenvalue weighted by Crippen LogP contribution is 2.21. The molecule has 0 aromatic carbocycles. The molecule has 0 spiro atoms. The Bertz CT molecular complexity index is 332. The molecule has 0 aromatic heterocycles.